The Labute approximate surface area is 151 Å². The number of nitrogens with one attached hydrogen (secondary N) is 2. The molecule has 0 heterocycles. The van der Waals surface area contributed by atoms with Crippen molar-refractivity contribution in [2.75, 3.05) is 25.5 Å². The van der Waals surface area contributed by atoms with E-state index in [2.05, 4.69) is 15.8 Å². The molecule has 0 aromatic heterocycles. The molecule has 0 aliphatic rings. The third kappa shape index (κ3) is 5.93. The van der Waals surface area contributed by atoms with Gasteiger partial charge in [0.1, 0.15) is 0 Å². The first kappa shape index (κ1) is 18.5. The van der Waals surface area contributed by atoms with E-state index in [-0.39, 0.29) is 12.5 Å². The fourth-order valence-electron chi connectivity index (χ4n) is 1.97. The van der Waals surface area contributed by atoms with Crippen LogP contribution in [0.5, 0.6) is 0 Å². The molecule has 0 aliphatic carbocycles. The van der Waals surface area contributed by atoms with Gasteiger partial charge in [0.2, 0.25) is 0 Å². The van der Waals surface area contributed by atoms with Crippen molar-refractivity contribution in [1.29, 1.82) is 0 Å². The van der Waals surface area contributed by atoms with Crippen molar-refractivity contribution in [2.24, 2.45) is 5.10 Å². The van der Waals surface area contributed by atoms with Crippen molar-refractivity contribution in [2.45, 2.75) is 0 Å². The van der Waals surface area contributed by atoms with Gasteiger partial charge < -0.3 is 10.2 Å². The quantitative estimate of drug-likeness (QED) is 0.614. The molecular formula is C18H19ClN4O2. The van der Waals surface area contributed by atoms with Crippen LogP contribution in [-0.2, 0) is 4.79 Å². The highest BCUT2D eigenvalue weighted by molar-refractivity contribution is 6.30. The van der Waals surface area contributed by atoms with Gasteiger partial charge in [0.25, 0.3) is 11.8 Å². The molecule has 2 amide bonds. The van der Waals surface area contributed by atoms with E-state index in [1.54, 1.807) is 18.2 Å². The first-order chi connectivity index (χ1) is 12.0. The highest BCUT2D eigenvalue weighted by Gasteiger charge is 2.07. The second kappa shape index (κ2) is 8.84. The molecule has 2 N–H and O–H groups in total. The molecule has 0 unspecified atom stereocenters. The summed E-state index contributed by atoms with van der Waals surface area (Å²) in [6.07, 6.45) is 1.54. The Morgan fingerprint density at radius 2 is 1.88 bits per heavy atom. The largest absolute Gasteiger partial charge is 0.378 e. The highest BCUT2D eigenvalue weighted by Crippen LogP contribution is 2.11. The summed E-state index contributed by atoms with van der Waals surface area (Å²) in [6.45, 7) is -0.178. The average Bonchev–Trinajstić information content (AvgIpc) is 2.60. The minimum Gasteiger partial charge on any atom is -0.378 e. The lowest BCUT2D eigenvalue weighted by atomic mass is 10.2. The fourth-order valence-corrected chi connectivity index (χ4v) is 2.16. The number of halogens is 1. The summed E-state index contributed by atoms with van der Waals surface area (Å²) in [4.78, 5) is 25.6. The van der Waals surface area contributed by atoms with Crippen LogP contribution in [-0.4, -0.2) is 38.7 Å². The molecule has 6 nitrogen and oxygen atoms in total. The Balaban J connectivity index is 1.79. The third-order valence-electron chi connectivity index (χ3n) is 3.31. The smallest absolute Gasteiger partial charge is 0.259 e. The first-order valence-electron chi connectivity index (χ1n) is 7.59. The van der Waals surface area contributed by atoms with E-state index in [0.717, 1.165) is 11.3 Å². The summed E-state index contributed by atoms with van der Waals surface area (Å²) in [5, 5.41) is 6.84. The zero-order chi connectivity index (χ0) is 18.2. The highest BCUT2D eigenvalue weighted by atomic mass is 35.5. The van der Waals surface area contributed by atoms with Gasteiger partial charge in [-0.15, -0.1) is 0 Å². The Hall–Kier alpha value is -2.86. The number of hydrazone groups is 1. The van der Waals surface area contributed by atoms with Gasteiger partial charge in [-0.2, -0.15) is 5.10 Å². The number of carbonyl (C=O) groups is 2. The molecule has 2 aromatic carbocycles. The number of nitrogens with zero attached hydrogens (tertiary/aromatic N) is 2. The molecule has 7 heteroatoms. The number of hydrogen-bond donors (Lipinski definition) is 2. The molecule has 0 saturated carbocycles. The van der Waals surface area contributed by atoms with Crippen LogP contribution in [0.2, 0.25) is 5.02 Å². The summed E-state index contributed by atoms with van der Waals surface area (Å²) in [5.74, 6) is -0.794. The molecule has 25 heavy (non-hydrogen) atoms. The fraction of sp³-hybridized carbons (Fsp3) is 0.167. The van der Waals surface area contributed by atoms with E-state index in [1.807, 2.05) is 43.3 Å². The lowest BCUT2D eigenvalue weighted by Gasteiger charge is -2.11. The maximum atomic E-state index is 11.9. The normalized spacial score (nSPS) is 10.5. The minimum atomic E-state index is -0.420. The van der Waals surface area contributed by atoms with Crippen LogP contribution in [0.25, 0.3) is 0 Å². The van der Waals surface area contributed by atoms with E-state index < -0.39 is 5.91 Å². The van der Waals surface area contributed by atoms with Crippen molar-refractivity contribution in [3.05, 3.63) is 64.7 Å². The minimum absolute atomic E-state index is 0.178. The van der Waals surface area contributed by atoms with E-state index in [0.29, 0.717) is 10.6 Å². The lowest BCUT2D eigenvalue weighted by Crippen LogP contribution is -2.34. The van der Waals surface area contributed by atoms with Crippen LogP contribution in [0.4, 0.5) is 5.69 Å². The van der Waals surface area contributed by atoms with Gasteiger partial charge in [-0.3, -0.25) is 9.59 Å². The standard InChI is InChI=1S/C18H19ClN4O2/c1-23(2)16-8-6-13(7-9-16)11-21-22-17(24)12-20-18(25)14-4-3-5-15(19)10-14/h3-11H,12H2,1-2H3,(H,20,25)(H,22,24). The molecule has 0 radical (unpaired) electrons. The molecule has 0 bridgehead atoms. The van der Waals surface area contributed by atoms with Crippen molar-refractivity contribution < 1.29 is 9.59 Å². The summed E-state index contributed by atoms with van der Waals surface area (Å²) in [7, 11) is 3.92. The van der Waals surface area contributed by atoms with Crippen LogP contribution in [0, 0.1) is 0 Å². The van der Waals surface area contributed by atoms with Gasteiger partial charge in [-0.25, -0.2) is 5.43 Å². The second-order valence-electron chi connectivity index (χ2n) is 5.47. The number of carbonyl (C=O) groups excluding carboxylic acids is 2. The molecule has 0 atom stereocenters. The summed E-state index contributed by atoms with van der Waals surface area (Å²) >= 11 is 5.82. The molecule has 130 valence electrons. The predicted octanol–water partition coefficient (Wildman–Crippen LogP) is 2.29. The van der Waals surface area contributed by atoms with Crippen LogP contribution in [0.1, 0.15) is 15.9 Å². The predicted molar refractivity (Wildman–Crippen MR) is 100 cm³/mol. The van der Waals surface area contributed by atoms with Gasteiger partial charge in [0.05, 0.1) is 12.8 Å². The van der Waals surface area contributed by atoms with E-state index >= 15 is 0 Å². The van der Waals surface area contributed by atoms with Crippen molar-refractivity contribution in [3.8, 4) is 0 Å². The molecule has 2 aromatic rings. The van der Waals surface area contributed by atoms with E-state index in [9.17, 15) is 9.59 Å². The Bertz CT molecular complexity index is 773. The van der Waals surface area contributed by atoms with Crippen molar-refractivity contribution in [1.82, 2.24) is 10.7 Å². The van der Waals surface area contributed by atoms with Crippen molar-refractivity contribution in [3.63, 3.8) is 0 Å². The Morgan fingerprint density at radius 1 is 1.16 bits per heavy atom. The van der Waals surface area contributed by atoms with E-state index in [1.165, 1.54) is 12.3 Å². The van der Waals surface area contributed by atoms with Gasteiger partial charge >= 0.3 is 0 Å². The second-order valence-corrected chi connectivity index (χ2v) is 5.91. The number of hydrogen-bond acceptors (Lipinski definition) is 4. The molecule has 0 aliphatic heterocycles. The molecule has 2 rings (SSSR count). The summed E-state index contributed by atoms with van der Waals surface area (Å²) < 4.78 is 0. The van der Waals surface area contributed by atoms with E-state index in [4.69, 9.17) is 11.6 Å². The molecule has 0 spiro atoms. The third-order valence-corrected chi connectivity index (χ3v) is 3.54. The lowest BCUT2D eigenvalue weighted by molar-refractivity contribution is -0.120. The Morgan fingerprint density at radius 3 is 2.52 bits per heavy atom. The van der Waals surface area contributed by atoms with Crippen LogP contribution in [0.15, 0.2) is 53.6 Å². The summed E-state index contributed by atoms with van der Waals surface area (Å²) in [6, 6.07) is 14.2. The van der Waals surface area contributed by atoms with Gasteiger partial charge in [-0.1, -0.05) is 29.8 Å². The molecule has 0 saturated heterocycles. The van der Waals surface area contributed by atoms with Gasteiger partial charge in [-0.05, 0) is 35.9 Å². The van der Waals surface area contributed by atoms with Crippen LogP contribution >= 0.6 is 11.6 Å². The molecular weight excluding hydrogens is 340 g/mol. The van der Waals surface area contributed by atoms with Crippen molar-refractivity contribution >= 4 is 35.3 Å². The maximum Gasteiger partial charge on any atom is 0.259 e. The average molecular weight is 359 g/mol. The number of anilines is 1. The zero-order valence-electron chi connectivity index (χ0n) is 14.0. The SMILES string of the molecule is CN(C)c1ccc(C=NNC(=O)CNC(=O)c2cccc(Cl)c2)cc1. The monoisotopic (exact) mass is 358 g/mol. The van der Waals surface area contributed by atoms with Crippen LogP contribution in [0.3, 0.4) is 0 Å². The van der Waals surface area contributed by atoms with Gasteiger partial charge in [0, 0.05) is 30.4 Å². The maximum absolute atomic E-state index is 11.9. The Kier molecular flexibility index (Phi) is 6.54. The first-order valence-corrected chi connectivity index (χ1v) is 7.96. The van der Waals surface area contributed by atoms with Gasteiger partial charge in [0.15, 0.2) is 0 Å². The summed E-state index contributed by atoms with van der Waals surface area (Å²) in [5.41, 5.74) is 4.69. The number of benzene rings is 2. The topological polar surface area (TPSA) is 73.8 Å². The number of amides is 2. The molecule has 0 fully saturated rings. The van der Waals surface area contributed by atoms with Crippen LogP contribution < -0.4 is 15.6 Å². The number of rotatable bonds is 6. The zero-order valence-corrected chi connectivity index (χ0v) is 14.7.